The molecule has 0 heterocycles. The van der Waals surface area contributed by atoms with Gasteiger partial charge in [0, 0.05) is 18.6 Å². The van der Waals surface area contributed by atoms with Crippen molar-refractivity contribution in [2.75, 3.05) is 7.05 Å². The summed E-state index contributed by atoms with van der Waals surface area (Å²) in [4.78, 5) is 14.2. The van der Waals surface area contributed by atoms with Crippen LogP contribution in [0.5, 0.6) is 5.75 Å². The summed E-state index contributed by atoms with van der Waals surface area (Å²) >= 11 is 5.97. The van der Waals surface area contributed by atoms with E-state index in [2.05, 4.69) is 0 Å². The molecule has 1 amide bonds. The number of nitrogens with zero attached hydrogens (tertiary/aromatic N) is 1. The lowest BCUT2D eigenvalue weighted by Gasteiger charge is -2.18. The number of benzene rings is 3. The normalized spacial score (nSPS) is 10.7. The number of carbonyl (C=O) groups is 1. The van der Waals surface area contributed by atoms with Crippen molar-refractivity contribution in [1.82, 2.24) is 4.90 Å². The molecule has 0 unspecified atom stereocenters. The highest BCUT2D eigenvalue weighted by molar-refractivity contribution is 6.30. The van der Waals surface area contributed by atoms with Crippen LogP contribution >= 0.6 is 11.6 Å². The molecular formula is C19H16ClNO2. The summed E-state index contributed by atoms with van der Waals surface area (Å²) < 4.78 is 0. The van der Waals surface area contributed by atoms with E-state index in [9.17, 15) is 9.90 Å². The van der Waals surface area contributed by atoms with Crippen molar-refractivity contribution in [3.05, 3.63) is 76.8 Å². The Morgan fingerprint density at radius 2 is 1.74 bits per heavy atom. The zero-order valence-electron chi connectivity index (χ0n) is 12.7. The average Bonchev–Trinajstić information content (AvgIpc) is 2.53. The fraction of sp³-hybridized carbons (Fsp3) is 0.105. The van der Waals surface area contributed by atoms with Crippen molar-refractivity contribution in [3.8, 4) is 5.75 Å². The quantitative estimate of drug-likeness (QED) is 0.771. The average molecular weight is 326 g/mol. The van der Waals surface area contributed by atoms with Gasteiger partial charge in [-0.15, -0.1) is 0 Å². The molecule has 0 saturated carbocycles. The molecule has 0 aliphatic rings. The summed E-state index contributed by atoms with van der Waals surface area (Å²) in [6, 6.07) is 18.4. The molecule has 0 bridgehead atoms. The van der Waals surface area contributed by atoms with Gasteiger partial charge in [0.1, 0.15) is 5.75 Å². The first-order chi connectivity index (χ1) is 11.0. The number of phenolic OH excluding ortho intramolecular Hbond substituents is 1. The van der Waals surface area contributed by atoms with E-state index >= 15 is 0 Å². The minimum absolute atomic E-state index is 0.00774. The molecular weight excluding hydrogens is 310 g/mol. The molecule has 3 nitrogen and oxygen atoms in total. The van der Waals surface area contributed by atoms with Gasteiger partial charge in [-0.25, -0.2) is 0 Å². The highest BCUT2D eigenvalue weighted by atomic mass is 35.5. The number of rotatable bonds is 3. The van der Waals surface area contributed by atoms with Crippen LogP contribution in [-0.2, 0) is 6.54 Å². The standard InChI is InChI=1S/C19H16ClNO2/c1-21(12-13-5-4-8-16(20)9-13)19(23)17-10-14-6-2-3-7-15(14)11-18(17)22/h2-11,22H,12H2,1H3. The number of hydrogen-bond donors (Lipinski definition) is 1. The molecule has 0 atom stereocenters. The van der Waals surface area contributed by atoms with Gasteiger partial charge in [0.05, 0.1) is 5.56 Å². The third kappa shape index (κ3) is 3.30. The van der Waals surface area contributed by atoms with E-state index < -0.39 is 0 Å². The highest BCUT2D eigenvalue weighted by Crippen LogP contribution is 2.26. The predicted molar refractivity (Wildman–Crippen MR) is 92.9 cm³/mol. The summed E-state index contributed by atoms with van der Waals surface area (Å²) in [5.74, 6) is -0.236. The van der Waals surface area contributed by atoms with Crippen molar-refractivity contribution < 1.29 is 9.90 Å². The Labute approximate surface area is 139 Å². The molecule has 0 fully saturated rings. The fourth-order valence-electron chi connectivity index (χ4n) is 2.59. The Balaban J connectivity index is 1.88. The molecule has 0 radical (unpaired) electrons. The Morgan fingerprint density at radius 3 is 2.43 bits per heavy atom. The maximum atomic E-state index is 12.6. The molecule has 0 saturated heterocycles. The first kappa shape index (κ1) is 15.4. The van der Waals surface area contributed by atoms with Crippen LogP contribution in [0.15, 0.2) is 60.7 Å². The van der Waals surface area contributed by atoms with Crippen LogP contribution in [0.25, 0.3) is 10.8 Å². The molecule has 3 aromatic carbocycles. The third-order valence-corrected chi connectivity index (χ3v) is 3.99. The minimum Gasteiger partial charge on any atom is -0.507 e. The van der Waals surface area contributed by atoms with E-state index in [1.807, 2.05) is 42.5 Å². The number of amides is 1. The maximum absolute atomic E-state index is 12.6. The van der Waals surface area contributed by atoms with Gasteiger partial charge >= 0.3 is 0 Å². The Morgan fingerprint density at radius 1 is 1.04 bits per heavy atom. The van der Waals surface area contributed by atoms with Crippen molar-refractivity contribution in [2.45, 2.75) is 6.54 Å². The Hall–Kier alpha value is -2.52. The van der Waals surface area contributed by atoms with E-state index in [0.717, 1.165) is 16.3 Å². The van der Waals surface area contributed by atoms with Gasteiger partial charge in [-0.1, -0.05) is 48.0 Å². The van der Waals surface area contributed by atoms with Crippen molar-refractivity contribution in [2.24, 2.45) is 0 Å². The van der Waals surface area contributed by atoms with E-state index in [4.69, 9.17) is 11.6 Å². The zero-order chi connectivity index (χ0) is 16.4. The Kier molecular flexibility index (Phi) is 4.22. The van der Waals surface area contributed by atoms with Crippen LogP contribution in [-0.4, -0.2) is 23.0 Å². The van der Waals surface area contributed by atoms with E-state index in [1.54, 1.807) is 30.1 Å². The SMILES string of the molecule is CN(Cc1cccc(Cl)c1)C(=O)c1cc2ccccc2cc1O. The molecule has 1 N–H and O–H groups in total. The lowest BCUT2D eigenvalue weighted by atomic mass is 10.0. The molecule has 0 spiro atoms. The molecule has 0 aliphatic heterocycles. The molecule has 116 valence electrons. The van der Waals surface area contributed by atoms with Crippen LogP contribution < -0.4 is 0 Å². The molecule has 4 heteroatoms. The third-order valence-electron chi connectivity index (χ3n) is 3.75. The summed E-state index contributed by atoms with van der Waals surface area (Å²) in [6.07, 6.45) is 0. The van der Waals surface area contributed by atoms with Gasteiger partial charge in [0.25, 0.3) is 5.91 Å². The second-order valence-corrected chi connectivity index (χ2v) is 5.94. The predicted octanol–water partition coefficient (Wildman–Crippen LogP) is 4.47. The zero-order valence-corrected chi connectivity index (χ0v) is 13.4. The highest BCUT2D eigenvalue weighted by Gasteiger charge is 2.17. The fourth-order valence-corrected chi connectivity index (χ4v) is 2.80. The second kappa shape index (κ2) is 6.31. The number of phenols is 1. The summed E-state index contributed by atoms with van der Waals surface area (Å²) in [6.45, 7) is 0.422. The summed E-state index contributed by atoms with van der Waals surface area (Å²) in [5.41, 5.74) is 1.24. The van der Waals surface area contributed by atoms with E-state index in [1.165, 1.54) is 0 Å². The lowest BCUT2D eigenvalue weighted by Crippen LogP contribution is -2.26. The first-order valence-electron chi connectivity index (χ1n) is 7.26. The van der Waals surface area contributed by atoms with Crippen LogP contribution in [0.1, 0.15) is 15.9 Å². The largest absolute Gasteiger partial charge is 0.507 e. The van der Waals surface area contributed by atoms with Crippen molar-refractivity contribution in [1.29, 1.82) is 0 Å². The lowest BCUT2D eigenvalue weighted by molar-refractivity contribution is 0.0782. The van der Waals surface area contributed by atoms with E-state index in [-0.39, 0.29) is 11.7 Å². The smallest absolute Gasteiger partial charge is 0.257 e. The molecule has 0 aliphatic carbocycles. The van der Waals surface area contributed by atoms with Gasteiger partial charge in [-0.2, -0.15) is 0 Å². The van der Waals surface area contributed by atoms with Gasteiger partial charge in [0.2, 0.25) is 0 Å². The number of fused-ring (bicyclic) bond motifs is 1. The van der Waals surface area contributed by atoms with Crippen LogP contribution in [0, 0.1) is 0 Å². The monoisotopic (exact) mass is 325 g/mol. The summed E-state index contributed by atoms with van der Waals surface area (Å²) in [7, 11) is 1.71. The number of aromatic hydroxyl groups is 1. The van der Waals surface area contributed by atoms with Gasteiger partial charge < -0.3 is 10.0 Å². The first-order valence-corrected chi connectivity index (χ1v) is 7.64. The van der Waals surface area contributed by atoms with Crippen LogP contribution in [0.2, 0.25) is 5.02 Å². The molecule has 3 rings (SSSR count). The van der Waals surface area contributed by atoms with Gasteiger partial charge in [-0.05, 0) is 40.6 Å². The van der Waals surface area contributed by atoms with Crippen LogP contribution in [0.3, 0.4) is 0 Å². The van der Waals surface area contributed by atoms with Crippen LogP contribution in [0.4, 0.5) is 0 Å². The second-order valence-electron chi connectivity index (χ2n) is 5.51. The Bertz CT molecular complexity index is 876. The topological polar surface area (TPSA) is 40.5 Å². The number of halogens is 1. The summed E-state index contributed by atoms with van der Waals surface area (Å²) in [5, 5.41) is 12.6. The molecule has 23 heavy (non-hydrogen) atoms. The van der Waals surface area contributed by atoms with Gasteiger partial charge in [-0.3, -0.25) is 4.79 Å². The maximum Gasteiger partial charge on any atom is 0.257 e. The minimum atomic E-state index is -0.228. The molecule has 0 aromatic heterocycles. The number of carbonyl (C=O) groups excluding carboxylic acids is 1. The van der Waals surface area contributed by atoms with Crippen molar-refractivity contribution >= 4 is 28.3 Å². The molecule has 3 aromatic rings. The van der Waals surface area contributed by atoms with Crippen molar-refractivity contribution in [3.63, 3.8) is 0 Å². The van der Waals surface area contributed by atoms with Gasteiger partial charge in [0.15, 0.2) is 0 Å². The number of hydrogen-bond acceptors (Lipinski definition) is 2. The van der Waals surface area contributed by atoms with E-state index in [0.29, 0.717) is 17.1 Å².